The Labute approximate surface area is 197 Å². The van der Waals surface area contributed by atoms with Gasteiger partial charge in [-0.05, 0) is 17.2 Å². The van der Waals surface area contributed by atoms with Crippen molar-refractivity contribution < 1.29 is 35.5 Å². The molecule has 0 unspecified atom stereocenters. The topological polar surface area (TPSA) is 101 Å². The third-order valence-electron chi connectivity index (χ3n) is 4.87. The molecule has 1 aromatic carbocycles. The van der Waals surface area contributed by atoms with E-state index in [1.54, 1.807) is 4.98 Å². The number of esters is 1. The molecule has 170 valence electrons. The summed E-state index contributed by atoms with van der Waals surface area (Å²) in [6, 6.07) is 12.0. The summed E-state index contributed by atoms with van der Waals surface area (Å²) >= 11 is 0. The van der Waals surface area contributed by atoms with Crippen LogP contribution in [0.5, 0.6) is 0 Å². The summed E-state index contributed by atoms with van der Waals surface area (Å²) in [5, 5.41) is 1.16. The van der Waals surface area contributed by atoms with Crippen LogP contribution in [0.25, 0.3) is 23.1 Å². The molecule has 0 fully saturated rings. The number of carbonyl (C=O) groups excluding carboxylic acids is 1. The van der Waals surface area contributed by atoms with E-state index >= 15 is 0 Å². The Balaban J connectivity index is 0.00000306. The molecule has 33 heavy (non-hydrogen) atoms. The standard InChI is InChI=1S/C23H19FN4O4.BrH/c24-19-14-28(23(31)26-22(19)30)15-21(29)32-12-11-27-9-7-16(8-10-27)5-6-17-13-25-20-4-2-1-3-18(17)20;/h1-10,13-14H,11-12,15H2,(H,26,30,31);1H. The zero-order valence-electron chi connectivity index (χ0n) is 17.3. The van der Waals surface area contributed by atoms with E-state index in [0.717, 1.165) is 26.6 Å². The first-order chi connectivity index (χ1) is 15.5. The summed E-state index contributed by atoms with van der Waals surface area (Å²) in [4.78, 5) is 39.5. The number of carbonyl (C=O) groups is 1. The zero-order chi connectivity index (χ0) is 22.5. The highest BCUT2D eigenvalue weighted by molar-refractivity contribution is 5.91. The smallest absolute Gasteiger partial charge is 0.329 e. The van der Waals surface area contributed by atoms with Crippen molar-refractivity contribution in [3.63, 3.8) is 0 Å². The third-order valence-corrected chi connectivity index (χ3v) is 4.87. The molecule has 3 aromatic heterocycles. The van der Waals surface area contributed by atoms with E-state index in [0.29, 0.717) is 12.7 Å². The molecule has 0 aliphatic heterocycles. The molecular weight excluding hydrogens is 495 g/mol. The number of nitrogens with one attached hydrogen (secondary N) is 2. The summed E-state index contributed by atoms with van der Waals surface area (Å²) in [7, 11) is 0. The first-order valence-electron chi connectivity index (χ1n) is 9.88. The molecule has 0 spiro atoms. The van der Waals surface area contributed by atoms with Crippen molar-refractivity contribution in [2.75, 3.05) is 6.61 Å². The van der Waals surface area contributed by atoms with Gasteiger partial charge < -0.3 is 26.7 Å². The van der Waals surface area contributed by atoms with Crippen molar-refractivity contribution in [1.82, 2.24) is 14.5 Å². The Kier molecular flexibility index (Phi) is 7.73. The summed E-state index contributed by atoms with van der Waals surface area (Å²) in [5.41, 5.74) is 1.20. The molecule has 4 rings (SSSR count). The first kappa shape index (κ1) is 23.9. The Hall–Kier alpha value is -3.79. The molecular formula is C23H20BrFN4O4. The highest BCUT2D eigenvalue weighted by Gasteiger charge is 2.10. The van der Waals surface area contributed by atoms with E-state index in [-0.39, 0.29) is 23.6 Å². The van der Waals surface area contributed by atoms with Crippen molar-refractivity contribution in [2.45, 2.75) is 13.1 Å². The number of hydrogen-bond donors (Lipinski definition) is 2. The van der Waals surface area contributed by atoms with E-state index in [2.05, 4.69) is 11.1 Å². The third kappa shape index (κ3) is 5.92. The Morgan fingerprint density at radius 1 is 1.12 bits per heavy atom. The van der Waals surface area contributed by atoms with E-state index in [4.69, 9.17) is 4.74 Å². The first-order valence-corrected chi connectivity index (χ1v) is 9.88. The number of ether oxygens (including phenoxy) is 1. The number of fused-ring (bicyclic) bond motifs is 1. The predicted octanol–water partition coefficient (Wildman–Crippen LogP) is -1.14. The molecule has 3 heterocycles. The number of rotatable bonds is 7. The van der Waals surface area contributed by atoms with E-state index < -0.39 is 29.6 Å². The van der Waals surface area contributed by atoms with Crippen LogP contribution in [-0.4, -0.2) is 27.1 Å². The summed E-state index contributed by atoms with van der Waals surface area (Å²) < 4.78 is 20.9. The number of halogens is 2. The maximum absolute atomic E-state index is 13.3. The number of aromatic nitrogens is 4. The molecule has 0 saturated heterocycles. The Morgan fingerprint density at radius 2 is 1.88 bits per heavy atom. The van der Waals surface area contributed by atoms with Gasteiger partial charge in [-0.3, -0.25) is 19.1 Å². The maximum Gasteiger partial charge on any atom is 0.329 e. The summed E-state index contributed by atoms with van der Waals surface area (Å²) in [6.45, 7) is -0.00353. The van der Waals surface area contributed by atoms with Gasteiger partial charge in [0, 0.05) is 29.2 Å². The lowest BCUT2D eigenvalue weighted by Gasteiger charge is -2.05. The number of benzene rings is 1. The van der Waals surface area contributed by atoms with Crippen LogP contribution in [0, 0.1) is 5.82 Å². The van der Waals surface area contributed by atoms with Gasteiger partial charge in [0.1, 0.15) is 6.54 Å². The highest BCUT2D eigenvalue weighted by Crippen LogP contribution is 2.19. The van der Waals surface area contributed by atoms with Gasteiger partial charge in [0.05, 0.1) is 6.20 Å². The molecule has 0 saturated carbocycles. The van der Waals surface area contributed by atoms with Gasteiger partial charge in [0.25, 0.3) is 5.56 Å². The van der Waals surface area contributed by atoms with Gasteiger partial charge >= 0.3 is 11.7 Å². The molecule has 10 heteroatoms. The fourth-order valence-electron chi connectivity index (χ4n) is 3.20. The van der Waals surface area contributed by atoms with Crippen molar-refractivity contribution in [2.24, 2.45) is 0 Å². The molecule has 0 amide bonds. The predicted molar refractivity (Wildman–Crippen MR) is 116 cm³/mol. The lowest BCUT2D eigenvalue weighted by Crippen LogP contribution is -3.00. The fourth-order valence-corrected chi connectivity index (χ4v) is 3.20. The average Bonchev–Trinajstić information content (AvgIpc) is 3.20. The van der Waals surface area contributed by atoms with Gasteiger partial charge in [0.15, 0.2) is 25.5 Å². The number of aromatic amines is 2. The number of nitrogens with zero attached hydrogens (tertiary/aromatic N) is 2. The van der Waals surface area contributed by atoms with Crippen LogP contribution >= 0.6 is 0 Å². The lowest BCUT2D eigenvalue weighted by molar-refractivity contribution is -0.697. The second-order valence-corrected chi connectivity index (χ2v) is 7.08. The van der Waals surface area contributed by atoms with Crippen LogP contribution in [0.2, 0.25) is 0 Å². The minimum atomic E-state index is -1.15. The minimum Gasteiger partial charge on any atom is -1.00 e. The van der Waals surface area contributed by atoms with Gasteiger partial charge in [-0.15, -0.1) is 0 Å². The minimum absolute atomic E-state index is 0. The lowest BCUT2D eigenvalue weighted by atomic mass is 10.1. The SMILES string of the molecule is O=C(Cn1cc(F)c(=O)[nH]c1=O)OCC[n+]1ccc(/C=C/c2c[nH]c3ccccc23)cc1.[Br-]. The van der Waals surface area contributed by atoms with E-state index in [1.165, 1.54) is 0 Å². The van der Waals surface area contributed by atoms with Crippen LogP contribution in [0.15, 0.2) is 70.8 Å². The van der Waals surface area contributed by atoms with Crippen molar-refractivity contribution >= 4 is 29.0 Å². The molecule has 0 radical (unpaired) electrons. The quantitative estimate of drug-likeness (QED) is 0.240. The number of para-hydroxylation sites is 1. The second-order valence-electron chi connectivity index (χ2n) is 7.08. The maximum atomic E-state index is 13.3. The van der Waals surface area contributed by atoms with Gasteiger partial charge in [-0.25, -0.2) is 9.36 Å². The number of pyridine rings is 1. The van der Waals surface area contributed by atoms with Crippen molar-refractivity contribution in [1.29, 1.82) is 0 Å². The molecule has 0 aliphatic carbocycles. The molecule has 0 aliphatic rings. The Bertz CT molecular complexity index is 1410. The molecule has 4 aromatic rings. The van der Waals surface area contributed by atoms with Crippen molar-refractivity contribution in [3.8, 4) is 0 Å². The summed E-state index contributed by atoms with van der Waals surface area (Å²) in [6.07, 6.45) is 10.4. The highest BCUT2D eigenvalue weighted by atomic mass is 79.9. The second kappa shape index (κ2) is 10.7. The van der Waals surface area contributed by atoms with Crippen LogP contribution < -0.4 is 32.8 Å². The van der Waals surface area contributed by atoms with Crippen LogP contribution in [-0.2, 0) is 22.6 Å². The zero-order valence-corrected chi connectivity index (χ0v) is 18.9. The largest absolute Gasteiger partial charge is 1.00 e. The molecule has 8 nitrogen and oxygen atoms in total. The molecule has 2 N–H and O–H groups in total. The van der Waals surface area contributed by atoms with Gasteiger partial charge in [-0.1, -0.05) is 30.4 Å². The monoisotopic (exact) mass is 514 g/mol. The molecule has 0 bridgehead atoms. The van der Waals surface area contributed by atoms with Gasteiger partial charge in [0.2, 0.25) is 5.82 Å². The summed E-state index contributed by atoms with van der Waals surface area (Å²) in [5.74, 6) is -1.86. The van der Waals surface area contributed by atoms with Crippen LogP contribution in [0.1, 0.15) is 11.1 Å². The van der Waals surface area contributed by atoms with Crippen LogP contribution in [0.3, 0.4) is 0 Å². The van der Waals surface area contributed by atoms with E-state index in [9.17, 15) is 18.8 Å². The van der Waals surface area contributed by atoms with E-state index in [1.807, 2.05) is 65.6 Å². The molecule has 0 atom stereocenters. The number of hydrogen-bond acceptors (Lipinski definition) is 4. The normalized spacial score (nSPS) is 10.9. The average molecular weight is 515 g/mol. The van der Waals surface area contributed by atoms with Crippen LogP contribution in [0.4, 0.5) is 4.39 Å². The van der Waals surface area contributed by atoms with Crippen molar-refractivity contribution in [3.05, 3.63) is 99.0 Å². The van der Waals surface area contributed by atoms with Gasteiger partial charge in [-0.2, -0.15) is 4.39 Å². The Morgan fingerprint density at radius 3 is 2.67 bits per heavy atom. The fraction of sp³-hybridized carbons (Fsp3) is 0.130. The number of H-pyrrole nitrogens is 2.